The molecule has 1 saturated heterocycles. The fraction of sp³-hybridized carbons (Fsp3) is 0.522. The summed E-state index contributed by atoms with van der Waals surface area (Å²) < 4.78 is 60.2. The van der Waals surface area contributed by atoms with Crippen molar-refractivity contribution >= 4 is 24.2 Å². The van der Waals surface area contributed by atoms with E-state index in [1.54, 1.807) is 11.8 Å². The molecule has 0 N–H and O–H groups in total. The van der Waals surface area contributed by atoms with E-state index in [1.807, 2.05) is 18.5 Å². The van der Waals surface area contributed by atoms with Gasteiger partial charge in [0.1, 0.15) is 5.82 Å². The summed E-state index contributed by atoms with van der Waals surface area (Å²) in [5.74, 6) is 1.41. The Morgan fingerprint density at radius 3 is 2.74 bits per heavy atom. The van der Waals surface area contributed by atoms with Gasteiger partial charge in [-0.25, -0.2) is 9.37 Å². The number of aryl methyl sites for hydroxylation is 1. The summed E-state index contributed by atoms with van der Waals surface area (Å²) in [6, 6.07) is 2.95. The first kappa shape index (κ1) is 26.0. The second kappa shape index (κ2) is 9.74. The van der Waals surface area contributed by atoms with Crippen LogP contribution in [0.2, 0.25) is 0 Å². The summed E-state index contributed by atoms with van der Waals surface area (Å²) >= 11 is 1.63. The number of likely N-dealkylation sites (tertiary alicyclic amines) is 1. The molecule has 1 saturated carbocycles. The van der Waals surface area contributed by atoms with Crippen molar-refractivity contribution in [2.24, 2.45) is 12.5 Å². The smallest absolute Gasteiger partial charge is 0.416 e. The topological polar surface area (TPSA) is 60.0 Å². The van der Waals surface area contributed by atoms with Gasteiger partial charge in [-0.15, -0.1) is 22.6 Å². The standard InChI is InChI=1S/C23H25F4N5OS.ClH/c1-14-19(33-13-28-14)20-29-30-21(31(20)2)34-9-3-7-32-8-6-22(12-32)11-17(22)16-5-4-15(10-18(16)24)23(25,26)27;/h4-5,10,13,17H,3,6-9,11-12H2,1-2H3;1H. The molecule has 35 heavy (non-hydrogen) atoms. The molecule has 2 aromatic heterocycles. The Kier molecular flexibility index (Phi) is 7.23. The summed E-state index contributed by atoms with van der Waals surface area (Å²) in [4.78, 5) is 6.47. The molecule has 190 valence electrons. The van der Waals surface area contributed by atoms with Gasteiger partial charge in [0.15, 0.2) is 17.3 Å². The number of rotatable bonds is 7. The number of nitrogens with zero attached hydrogens (tertiary/aromatic N) is 5. The third-order valence-corrected chi connectivity index (χ3v) is 8.10. The average Bonchev–Trinajstić information content (AvgIpc) is 3.07. The maximum absolute atomic E-state index is 14.4. The molecule has 2 fully saturated rings. The van der Waals surface area contributed by atoms with Crippen LogP contribution in [0.15, 0.2) is 34.2 Å². The van der Waals surface area contributed by atoms with E-state index in [0.29, 0.717) is 23.2 Å². The molecule has 2 unspecified atom stereocenters. The van der Waals surface area contributed by atoms with E-state index in [-0.39, 0.29) is 23.7 Å². The van der Waals surface area contributed by atoms with Crippen molar-refractivity contribution < 1.29 is 22.0 Å². The normalized spacial score (nSPS) is 22.1. The zero-order chi connectivity index (χ0) is 24.1. The van der Waals surface area contributed by atoms with Crippen LogP contribution in [-0.4, -0.2) is 50.0 Å². The van der Waals surface area contributed by atoms with Gasteiger partial charge in [-0.3, -0.25) is 0 Å². The third kappa shape index (κ3) is 5.08. The van der Waals surface area contributed by atoms with Crippen molar-refractivity contribution in [1.29, 1.82) is 0 Å². The van der Waals surface area contributed by atoms with Gasteiger partial charge >= 0.3 is 6.18 Å². The molecule has 3 aromatic rings. The molecule has 1 spiro atoms. The van der Waals surface area contributed by atoms with Gasteiger partial charge in [-0.2, -0.15) is 13.2 Å². The molecule has 0 radical (unpaired) electrons. The quantitative estimate of drug-likeness (QED) is 0.221. The molecular weight excluding hydrogens is 506 g/mol. The highest BCUT2D eigenvalue weighted by molar-refractivity contribution is 7.99. The van der Waals surface area contributed by atoms with E-state index < -0.39 is 17.6 Å². The second-order valence-electron chi connectivity index (χ2n) is 9.21. The zero-order valence-electron chi connectivity index (χ0n) is 19.3. The molecular formula is C23H26ClF4N5OS. The number of benzene rings is 1. The van der Waals surface area contributed by atoms with Gasteiger partial charge in [-0.1, -0.05) is 17.8 Å². The number of hydrogen-bond acceptors (Lipinski definition) is 6. The van der Waals surface area contributed by atoms with Gasteiger partial charge in [0.05, 0.1) is 11.3 Å². The predicted molar refractivity (Wildman–Crippen MR) is 126 cm³/mol. The average molecular weight is 532 g/mol. The molecule has 0 amide bonds. The fourth-order valence-electron chi connectivity index (χ4n) is 5.01. The maximum Gasteiger partial charge on any atom is 0.416 e. The van der Waals surface area contributed by atoms with Crippen molar-refractivity contribution in [2.75, 3.05) is 25.4 Å². The molecule has 2 atom stereocenters. The molecule has 12 heteroatoms. The fourth-order valence-corrected chi connectivity index (χ4v) is 5.84. The lowest BCUT2D eigenvalue weighted by molar-refractivity contribution is -0.137. The second-order valence-corrected chi connectivity index (χ2v) is 10.3. The SMILES string of the molecule is Cc1ncoc1-c1nnc(SCCCN2CCC3(CC3c3ccc(C(F)(F)F)cc3F)C2)n1C.Cl. The van der Waals surface area contributed by atoms with Gasteiger partial charge < -0.3 is 13.9 Å². The lowest BCUT2D eigenvalue weighted by Gasteiger charge is -2.16. The highest BCUT2D eigenvalue weighted by Gasteiger charge is 2.58. The van der Waals surface area contributed by atoms with Crippen molar-refractivity contribution in [2.45, 2.75) is 43.4 Å². The lowest BCUT2D eigenvalue weighted by atomic mass is 9.97. The molecule has 0 bridgehead atoms. The summed E-state index contributed by atoms with van der Waals surface area (Å²) in [5, 5.41) is 9.29. The van der Waals surface area contributed by atoms with E-state index in [1.165, 1.54) is 12.5 Å². The minimum Gasteiger partial charge on any atom is -0.440 e. The minimum absolute atomic E-state index is 0. The molecule has 2 aliphatic rings. The summed E-state index contributed by atoms with van der Waals surface area (Å²) in [7, 11) is 1.90. The van der Waals surface area contributed by atoms with Crippen LogP contribution in [0.5, 0.6) is 0 Å². The third-order valence-electron chi connectivity index (χ3n) is 6.99. The molecule has 3 heterocycles. The van der Waals surface area contributed by atoms with E-state index >= 15 is 0 Å². The molecule has 6 nitrogen and oxygen atoms in total. The van der Waals surface area contributed by atoms with Crippen molar-refractivity contribution in [3.8, 4) is 11.6 Å². The van der Waals surface area contributed by atoms with Gasteiger partial charge in [0.2, 0.25) is 5.82 Å². The van der Waals surface area contributed by atoms with E-state index in [2.05, 4.69) is 20.1 Å². The van der Waals surface area contributed by atoms with Crippen LogP contribution in [-0.2, 0) is 13.2 Å². The van der Waals surface area contributed by atoms with Gasteiger partial charge in [0.25, 0.3) is 0 Å². The lowest BCUT2D eigenvalue weighted by Crippen LogP contribution is -2.23. The van der Waals surface area contributed by atoms with Crippen LogP contribution in [0, 0.1) is 18.2 Å². The van der Waals surface area contributed by atoms with Crippen LogP contribution in [0.1, 0.15) is 42.0 Å². The highest BCUT2D eigenvalue weighted by Crippen LogP contribution is 2.64. The van der Waals surface area contributed by atoms with E-state index in [0.717, 1.165) is 61.6 Å². The van der Waals surface area contributed by atoms with Crippen LogP contribution in [0.25, 0.3) is 11.6 Å². The van der Waals surface area contributed by atoms with Crippen LogP contribution >= 0.6 is 24.2 Å². The van der Waals surface area contributed by atoms with Crippen molar-refractivity contribution in [1.82, 2.24) is 24.6 Å². The highest BCUT2D eigenvalue weighted by atomic mass is 35.5. The Morgan fingerprint density at radius 2 is 2.06 bits per heavy atom. The Morgan fingerprint density at radius 1 is 1.26 bits per heavy atom. The Labute approximate surface area is 210 Å². The monoisotopic (exact) mass is 531 g/mol. The maximum atomic E-state index is 14.4. The Bertz CT molecular complexity index is 1200. The minimum atomic E-state index is -4.52. The van der Waals surface area contributed by atoms with E-state index in [9.17, 15) is 17.6 Å². The Balaban J connectivity index is 0.00000289. The largest absolute Gasteiger partial charge is 0.440 e. The first-order valence-corrected chi connectivity index (χ1v) is 12.2. The number of hydrogen-bond donors (Lipinski definition) is 0. The molecule has 1 aliphatic heterocycles. The summed E-state index contributed by atoms with van der Waals surface area (Å²) in [6.45, 7) is 4.58. The Hall–Kier alpha value is -2.11. The van der Waals surface area contributed by atoms with Crippen LogP contribution in [0.3, 0.4) is 0 Å². The summed E-state index contributed by atoms with van der Waals surface area (Å²) in [5.41, 5.74) is 0.260. The van der Waals surface area contributed by atoms with Gasteiger partial charge in [0, 0.05) is 19.3 Å². The van der Waals surface area contributed by atoms with E-state index in [4.69, 9.17) is 4.42 Å². The predicted octanol–water partition coefficient (Wildman–Crippen LogP) is 5.72. The summed E-state index contributed by atoms with van der Waals surface area (Å²) in [6.07, 6.45) is -0.378. The number of aromatic nitrogens is 4. The van der Waals surface area contributed by atoms with Crippen molar-refractivity contribution in [3.63, 3.8) is 0 Å². The number of alkyl halides is 3. The number of oxazole rings is 1. The molecule has 5 rings (SSSR count). The number of thioether (sulfide) groups is 1. The first-order chi connectivity index (χ1) is 16.2. The van der Waals surface area contributed by atoms with Crippen LogP contribution in [0.4, 0.5) is 17.6 Å². The number of halogens is 5. The molecule has 1 aromatic carbocycles. The zero-order valence-corrected chi connectivity index (χ0v) is 20.9. The molecule has 1 aliphatic carbocycles. The van der Waals surface area contributed by atoms with Crippen LogP contribution < -0.4 is 0 Å². The van der Waals surface area contributed by atoms with Gasteiger partial charge in [-0.05, 0) is 68.3 Å². The first-order valence-electron chi connectivity index (χ1n) is 11.2. The van der Waals surface area contributed by atoms with Crippen molar-refractivity contribution in [3.05, 3.63) is 47.2 Å².